The Balaban J connectivity index is 1.61. The molecule has 1 atom stereocenters. The largest absolute Gasteiger partial charge is 0.261 e. The summed E-state index contributed by atoms with van der Waals surface area (Å²) in [5, 5.41) is 7.84. The highest BCUT2D eigenvalue weighted by Crippen LogP contribution is 2.28. The molecule has 130 valence electrons. The van der Waals surface area contributed by atoms with Gasteiger partial charge in [-0.1, -0.05) is 6.07 Å². The molecule has 0 saturated carbocycles. The molecule has 2 N–H and O–H groups in total. The van der Waals surface area contributed by atoms with E-state index in [1.54, 1.807) is 19.3 Å². The average Bonchev–Trinajstić information content (AvgIpc) is 3.05. The van der Waals surface area contributed by atoms with Crippen molar-refractivity contribution in [2.75, 3.05) is 0 Å². The molecule has 1 aliphatic carbocycles. The van der Waals surface area contributed by atoms with Crippen LogP contribution in [0.2, 0.25) is 0 Å². The Kier molecular flexibility index (Phi) is 3.81. The van der Waals surface area contributed by atoms with Crippen LogP contribution in [-0.2, 0) is 22.9 Å². The van der Waals surface area contributed by atoms with Gasteiger partial charge in [0.15, 0.2) is 5.65 Å². The van der Waals surface area contributed by atoms with Gasteiger partial charge in [-0.2, -0.15) is 5.10 Å². The standard InChI is InChI=1S/C17H17FN4O2S/c1-10-2-3-12(18)7-16(10)25(23,24)22-13-4-5-14-11(6-13)8-19-17-15(14)9-20-21-17/h2-3,7-9,13,22H,4-6H2,1H3,(H,19,20,21). The Bertz CT molecular complexity index is 1060. The van der Waals surface area contributed by atoms with Crippen LogP contribution in [0.15, 0.2) is 35.5 Å². The maximum atomic E-state index is 13.5. The molecule has 3 aromatic rings. The van der Waals surface area contributed by atoms with Crippen molar-refractivity contribution in [1.82, 2.24) is 19.9 Å². The summed E-state index contributed by atoms with van der Waals surface area (Å²) in [4.78, 5) is 4.31. The van der Waals surface area contributed by atoms with Crippen LogP contribution in [0.25, 0.3) is 11.0 Å². The molecule has 8 heteroatoms. The van der Waals surface area contributed by atoms with Gasteiger partial charge in [0, 0.05) is 17.6 Å². The van der Waals surface area contributed by atoms with Crippen LogP contribution in [0.4, 0.5) is 4.39 Å². The Morgan fingerprint density at radius 3 is 3.00 bits per heavy atom. The van der Waals surface area contributed by atoms with Gasteiger partial charge in [-0.3, -0.25) is 5.10 Å². The Hall–Kier alpha value is -2.32. The minimum absolute atomic E-state index is 0.0123. The number of aromatic nitrogens is 3. The summed E-state index contributed by atoms with van der Waals surface area (Å²) in [6, 6.07) is 3.55. The van der Waals surface area contributed by atoms with Crippen molar-refractivity contribution in [2.24, 2.45) is 0 Å². The summed E-state index contributed by atoms with van der Waals surface area (Å²) >= 11 is 0. The SMILES string of the molecule is Cc1ccc(F)cc1S(=O)(=O)NC1CCc2c(cnc3[nH]ncc23)C1. The van der Waals surface area contributed by atoms with Crippen molar-refractivity contribution in [3.8, 4) is 0 Å². The fourth-order valence-corrected chi connectivity index (χ4v) is 4.92. The predicted octanol–water partition coefficient (Wildman–Crippen LogP) is 2.24. The van der Waals surface area contributed by atoms with E-state index in [2.05, 4.69) is 19.9 Å². The Labute approximate surface area is 144 Å². The van der Waals surface area contributed by atoms with Crippen LogP contribution >= 0.6 is 0 Å². The molecule has 25 heavy (non-hydrogen) atoms. The molecule has 6 nitrogen and oxygen atoms in total. The number of pyridine rings is 1. The lowest BCUT2D eigenvalue weighted by molar-refractivity contribution is 0.507. The second-order valence-corrected chi connectivity index (χ2v) is 8.05. The van der Waals surface area contributed by atoms with E-state index in [0.717, 1.165) is 34.6 Å². The van der Waals surface area contributed by atoms with Crippen molar-refractivity contribution in [3.05, 3.63) is 53.1 Å². The molecule has 0 fully saturated rings. The fraction of sp³-hybridized carbons (Fsp3) is 0.294. The van der Waals surface area contributed by atoms with Crippen LogP contribution in [0.5, 0.6) is 0 Å². The third-order valence-corrected chi connectivity index (χ3v) is 6.31. The zero-order valence-corrected chi connectivity index (χ0v) is 14.4. The van der Waals surface area contributed by atoms with Crippen molar-refractivity contribution in [3.63, 3.8) is 0 Å². The Morgan fingerprint density at radius 1 is 1.32 bits per heavy atom. The molecule has 1 unspecified atom stereocenters. The maximum absolute atomic E-state index is 13.5. The van der Waals surface area contributed by atoms with Crippen molar-refractivity contribution >= 4 is 21.1 Å². The molecule has 1 aliphatic rings. The zero-order valence-electron chi connectivity index (χ0n) is 13.6. The number of aromatic amines is 1. The molecule has 1 aromatic carbocycles. The summed E-state index contributed by atoms with van der Waals surface area (Å²) in [5.74, 6) is -0.563. The van der Waals surface area contributed by atoms with Gasteiger partial charge in [-0.15, -0.1) is 0 Å². The van der Waals surface area contributed by atoms with Crippen molar-refractivity contribution < 1.29 is 12.8 Å². The van der Waals surface area contributed by atoms with E-state index in [9.17, 15) is 12.8 Å². The number of H-pyrrole nitrogens is 1. The number of hydrogen-bond acceptors (Lipinski definition) is 4. The number of halogens is 1. The molecule has 0 saturated heterocycles. The Morgan fingerprint density at radius 2 is 2.16 bits per heavy atom. The highest BCUT2D eigenvalue weighted by molar-refractivity contribution is 7.89. The van der Waals surface area contributed by atoms with Crippen LogP contribution in [-0.4, -0.2) is 29.6 Å². The van der Waals surface area contributed by atoms with Crippen LogP contribution in [0.1, 0.15) is 23.1 Å². The molecular formula is C17H17FN4O2S. The lowest BCUT2D eigenvalue weighted by Crippen LogP contribution is -2.39. The van der Waals surface area contributed by atoms with Crippen molar-refractivity contribution in [1.29, 1.82) is 0 Å². The van der Waals surface area contributed by atoms with Gasteiger partial charge in [0.1, 0.15) is 5.82 Å². The second-order valence-electron chi connectivity index (χ2n) is 6.37. The third-order valence-electron chi connectivity index (χ3n) is 4.65. The molecule has 2 aromatic heterocycles. The lowest BCUT2D eigenvalue weighted by atomic mass is 9.88. The number of fused-ring (bicyclic) bond motifs is 3. The maximum Gasteiger partial charge on any atom is 0.241 e. The molecule has 0 radical (unpaired) electrons. The summed E-state index contributed by atoms with van der Waals surface area (Å²) < 4.78 is 41.5. The lowest BCUT2D eigenvalue weighted by Gasteiger charge is -2.25. The van der Waals surface area contributed by atoms with E-state index < -0.39 is 15.8 Å². The molecule has 0 amide bonds. The normalized spacial score (nSPS) is 17.6. The number of rotatable bonds is 3. The van der Waals surface area contributed by atoms with E-state index in [1.807, 2.05) is 0 Å². The van der Waals surface area contributed by atoms with Gasteiger partial charge in [0.05, 0.1) is 11.1 Å². The number of sulfonamides is 1. The highest BCUT2D eigenvalue weighted by atomic mass is 32.2. The number of hydrogen-bond donors (Lipinski definition) is 2. The zero-order chi connectivity index (χ0) is 17.6. The predicted molar refractivity (Wildman–Crippen MR) is 91.2 cm³/mol. The van der Waals surface area contributed by atoms with Crippen molar-refractivity contribution in [2.45, 2.75) is 37.1 Å². The second kappa shape index (κ2) is 5.89. The van der Waals surface area contributed by atoms with Crippen LogP contribution in [0, 0.1) is 12.7 Å². The molecule has 0 spiro atoms. The first-order chi connectivity index (χ1) is 11.9. The molecule has 4 rings (SSSR count). The first-order valence-electron chi connectivity index (χ1n) is 8.02. The van der Waals surface area contributed by atoms with Gasteiger partial charge < -0.3 is 0 Å². The summed E-state index contributed by atoms with van der Waals surface area (Å²) in [5.41, 5.74) is 3.44. The minimum atomic E-state index is -3.78. The minimum Gasteiger partial charge on any atom is -0.261 e. The van der Waals surface area contributed by atoms with E-state index in [-0.39, 0.29) is 10.9 Å². The summed E-state index contributed by atoms with van der Waals surface area (Å²) in [7, 11) is -3.78. The van der Waals surface area contributed by atoms with Crippen LogP contribution < -0.4 is 4.72 Å². The van der Waals surface area contributed by atoms with E-state index in [1.165, 1.54) is 12.1 Å². The van der Waals surface area contributed by atoms with E-state index in [4.69, 9.17) is 0 Å². The molecule has 2 heterocycles. The number of benzene rings is 1. The molecule has 0 bridgehead atoms. The van der Waals surface area contributed by atoms with Gasteiger partial charge in [-0.05, 0) is 55.0 Å². The monoisotopic (exact) mass is 360 g/mol. The summed E-state index contributed by atoms with van der Waals surface area (Å²) in [6.45, 7) is 1.66. The molecule has 0 aliphatic heterocycles. The van der Waals surface area contributed by atoms with Gasteiger partial charge in [0.2, 0.25) is 10.0 Å². The average molecular weight is 360 g/mol. The van der Waals surface area contributed by atoms with Gasteiger partial charge in [0.25, 0.3) is 0 Å². The van der Waals surface area contributed by atoms with Gasteiger partial charge in [-0.25, -0.2) is 22.5 Å². The highest BCUT2D eigenvalue weighted by Gasteiger charge is 2.27. The van der Waals surface area contributed by atoms with E-state index in [0.29, 0.717) is 18.4 Å². The number of nitrogens with zero attached hydrogens (tertiary/aromatic N) is 2. The quantitative estimate of drug-likeness (QED) is 0.750. The fourth-order valence-electron chi connectivity index (χ4n) is 3.40. The third kappa shape index (κ3) is 2.91. The van der Waals surface area contributed by atoms with E-state index >= 15 is 0 Å². The first kappa shape index (κ1) is 16.2. The number of nitrogens with one attached hydrogen (secondary N) is 2. The topological polar surface area (TPSA) is 87.7 Å². The smallest absolute Gasteiger partial charge is 0.241 e. The molecular weight excluding hydrogens is 343 g/mol. The van der Waals surface area contributed by atoms with Crippen LogP contribution in [0.3, 0.4) is 0 Å². The first-order valence-corrected chi connectivity index (χ1v) is 9.51. The summed E-state index contributed by atoms with van der Waals surface area (Å²) in [6.07, 6.45) is 5.48. The van der Waals surface area contributed by atoms with Gasteiger partial charge >= 0.3 is 0 Å². The number of aryl methyl sites for hydroxylation is 2.